The molecule has 1 unspecified atom stereocenters. The van der Waals surface area contributed by atoms with Gasteiger partial charge in [0.2, 0.25) is 0 Å². The smallest absolute Gasteiger partial charge is 0.133 e. The third kappa shape index (κ3) is 5.74. The molecule has 1 fully saturated rings. The van der Waals surface area contributed by atoms with E-state index in [4.69, 9.17) is 9.26 Å². The molecule has 1 aliphatic rings. The molecule has 6 nitrogen and oxygen atoms in total. The summed E-state index contributed by atoms with van der Waals surface area (Å²) in [7, 11) is 0. The molecule has 2 heterocycles. The molecule has 0 aliphatic carbocycles. The first-order valence-corrected chi connectivity index (χ1v) is 7.69. The van der Waals surface area contributed by atoms with Crippen molar-refractivity contribution in [2.24, 2.45) is 0 Å². The Morgan fingerprint density at radius 1 is 1.29 bits per heavy atom. The van der Waals surface area contributed by atoms with Gasteiger partial charge < -0.3 is 14.4 Å². The Kier molecular flexibility index (Phi) is 6.17. The highest BCUT2D eigenvalue weighted by atomic mass is 16.5. The van der Waals surface area contributed by atoms with Crippen molar-refractivity contribution in [3.05, 3.63) is 17.5 Å². The number of ether oxygens (including phenoxy) is 1. The highest BCUT2D eigenvalue weighted by Crippen LogP contribution is 2.09. The van der Waals surface area contributed by atoms with E-state index in [1.165, 1.54) is 0 Å². The molecule has 1 aromatic rings. The molecule has 6 heteroatoms. The number of aromatic nitrogens is 1. The molecular weight excluding hydrogens is 270 g/mol. The second-order valence-electron chi connectivity index (χ2n) is 6.04. The first-order valence-electron chi connectivity index (χ1n) is 7.69. The molecule has 1 saturated heterocycles. The third-order valence-corrected chi connectivity index (χ3v) is 3.62. The average molecular weight is 297 g/mol. The van der Waals surface area contributed by atoms with Gasteiger partial charge in [-0.3, -0.25) is 9.80 Å². The van der Waals surface area contributed by atoms with Crippen LogP contribution in [0.15, 0.2) is 10.6 Å². The Balaban J connectivity index is 1.66. The third-order valence-electron chi connectivity index (χ3n) is 3.62. The van der Waals surface area contributed by atoms with E-state index in [1.807, 2.05) is 26.8 Å². The maximum Gasteiger partial charge on any atom is 0.133 e. The van der Waals surface area contributed by atoms with Gasteiger partial charge in [-0.15, -0.1) is 0 Å². The Labute approximate surface area is 126 Å². The number of β-amino-alcohol motifs (C(OH)–C–C–N with tert-alkyl or cyclic N) is 1. The number of aliphatic hydroxyl groups is 1. The highest BCUT2D eigenvalue weighted by molar-refractivity contribution is 5.03. The molecule has 0 bridgehead atoms. The molecule has 1 aromatic heterocycles. The lowest BCUT2D eigenvalue weighted by Crippen LogP contribution is -2.48. The summed E-state index contributed by atoms with van der Waals surface area (Å²) in [6.45, 7) is 11.7. The quantitative estimate of drug-likeness (QED) is 0.806. The maximum atomic E-state index is 9.95. The number of hydrogen-bond donors (Lipinski definition) is 1. The van der Waals surface area contributed by atoms with Gasteiger partial charge in [0.15, 0.2) is 0 Å². The fourth-order valence-corrected chi connectivity index (χ4v) is 2.51. The van der Waals surface area contributed by atoms with Gasteiger partial charge in [-0.25, -0.2) is 0 Å². The fraction of sp³-hybridized carbons (Fsp3) is 0.800. The first kappa shape index (κ1) is 16.4. The number of rotatable bonds is 7. The van der Waals surface area contributed by atoms with E-state index in [-0.39, 0.29) is 6.10 Å². The number of aryl methyl sites for hydroxylation is 1. The second-order valence-corrected chi connectivity index (χ2v) is 6.04. The summed E-state index contributed by atoms with van der Waals surface area (Å²) in [5.74, 6) is 0.858. The van der Waals surface area contributed by atoms with Crippen LogP contribution in [-0.2, 0) is 11.3 Å². The zero-order valence-electron chi connectivity index (χ0n) is 13.3. The van der Waals surface area contributed by atoms with E-state index in [2.05, 4.69) is 15.0 Å². The predicted molar refractivity (Wildman–Crippen MR) is 80.1 cm³/mol. The van der Waals surface area contributed by atoms with E-state index in [1.54, 1.807) is 0 Å². The number of piperazine rings is 1. The van der Waals surface area contributed by atoms with Gasteiger partial charge in [0, 0.05) is 45.3 Å². The maximum absolute atomic E-state index is 9.95. The van der Waals surface area contributed by atoms with E-state index in [0.29, 0.717) is 13.2 Å². The summed E-state index contributed by atoms with van der Waals surface area (Å²) in [5, 5.41) is 14.0. The molecule has 120 valence electrons. The predicted octanol–water partition coefficient (Wildman–Crippen LogP) is 0.887. The van der Waals surface area contributed by atoms with Gasteiger partial charge >= 0.3 is 0 Å². The van der Waals surface area contributed by atoms with Gasteiger partial charge in [0.25, 0.3) is 0 Å². The van der Waals surface area contributed by atoms with Gasteiger partial charge in [0.1, 0.15) is 5.76 Å². The molecule has 0 saturated carbocycles. The molecule has 1 N–H and O–H groups in total. The van der Waals surface area contributed by atoms with Crippen LogP contribution in [0.5, 0.6) is 0 Å². The Bertz CT molecular complexity index is 414. The molecule has 1 aliphatic heterocycles. The summed E-state index contributed by atoms with van der Waals surface area (Å²) in [6, 6.07) is 1.99. The Morgan fingerprint density at radius 3 is 2.52 bits per heavy atom. The van der Waals surface area contributed by atoms with E-state index >= 15 is 0 Å². The van der Waals surface area contributed by atoms with Crippen molar-refractivity contribution in [3.63, 3.8) is 0 Å². The SMILES string of the molecule is Cc1cc(CN2CCN(CC(O)COC(C)C)CC2)no1. The molecule has 21 heavy (non-hydrogen) atoms. The largest absolute Gasteiger partial charge is 0.389 e. The minimum atomic E-state index is -0.405. The fourth-order valence-electron chi connectivity index (χ4n) is 2.51. The summed E-state index contributed by atoms with van der Waals surface area (Å²) < 4.78 is 10.5. The lowest BCUT2D eigenvalue weighted by Gasteiger charge is -2.35. The molecule has 0 spiro atoms. The van der Waals surface area contributed by atoms with Crippen LogP contribution in [0.2, 0.25) is 0 Å². The molecule has 0 radical (unpaired) electrons. The first-order chi connectivity index (χ1) is 10.0. The van der Waals surface area contributed by atoms with E-state index < -0.39 is 6.10 Å². The van der Waals surface area contributed by atoms with Crippen LogP contribution >= 0.6 is 0 Å². The number of hydrogen-bond acceptors (Lipinski definition) is 6. The Hall–Kier alpha value is -0.950. The van der Waals surface area contributed by atoms with Crippen LogP contribution in [0.25, 0.3) is 0 Å². The van der Waals surface area contributed by atoms with Crippen molar-refractivity contribution >= 4 is 0 Å². The minimum Gasteiger partial charge on any atom is -0.389 e. The summed E-state index contributed by atoms with van der Waals surface area (Å²) >= 11 is 0. The lowest BCUT2D eigenvalue weighted by molar-refractivity contribution is -0.0149. The zero-order valence-corrected chi connectivity index (χ0v) is 13.3. The van der Waals surface area contributed by atoms with Crippen LogP contribution in [0.1, 0.15) is 25.3 Å². The monoisotopic (exact) mass is 297 g/mol. The zero-order chi connectivity index (χ0) is 15.2. The van der Waals surface area contributed by atoms with Crippen LogP contribution in [-0.4, -0.2) is 71.6 Å². The molecule has 0 amide bonds. The van der Waals surface area contributed by atoms with Crippen molar-refractivity contribution in [3.8, 4) is 0 Å². The normalized spacial score (nSPS) is 19.3. The number of nitrogens with zero attached hydrogens (tertiary/aromatic N) is 3. The Morgan fingerprint density at radius 2 is 1.95 bits per heavy atom. The van der Waals surface area contributed by atoms with Crippen molar-refractivity contribution in [2.75, 3.05) is 39.3 Å². The summed E-state index contributed by atoms with van der Waals surface area (Å²) in [4.78, 5) is 4.66. The van der Waals surface area contributed by atoms with Crippen LogP contribution in [0, 0.1) is 6.92 Å². The topological polar surface area (TPSA) is 62.0 Å². The highest BCUT2D eigenvalue weighted by Gasteiger charge is 2.20. The van der Waals surface area contributed by atoms with Crippen molar-refractivity contribution in [1.29, 1.82) is 0 Å². The second kappa shape index (κ2) is 7.89. The van der Waals surface area contributed by atoms with E-state index in [9.17, 15) is 5.11 Å². The lowest BCUT2D eigenvalue weighted by atomic mass is 10.2. The molecule has 0 aromatic carbocycles. The number of aliphatic hydroxyl groups excluding tert-OH is 1. The van der Waals surface area contributed by atoms with Crippen molar-refractivity contribution < 1.29 is 14.4 Å². The van der Waals surface area contributed by atoms with Crippen molar-refractivity contribution in [1.82, 2.24) is 15.0 Å². The molecular formula is C15H27N3O3. The standard InChI is InChI=1S/C15H27N3O3/c1-12(2)20-11-15(19)10-18-6-4-17(5-7-18)9-14-8-13(3)21-16-14/h8,12,15,19H,4-7,9-11H2,1-3H3. The van der Waals surface area contributed by atoms with Gasteiger partial charge in [-0.05, 0) is 20.8 Å². The van der Waals surface area contributed by atoms with Crippen LogP contribution in [0.4, 0.5) is 0 Å². The van der Waals surface area contributed by atoms with Crippen LogP contribution in [0.3, 0.4) is 0 Å². The molecule has 1 atom stereocenters. The molecule has 2 rings (SSSR count). The minimum absolute atomic E-state index is 0.169. The van der Waals surface area contributed by atoms with Gasteiger partial charge in [-0.2, -0.15) is 0 Å². The van der Waals surface area contributed by atoms with Crippen molar-refractivity contribution in [2.45, 2.75) is 39.5 Å². The average Bonchev–Trinajstić information content (AvgIpc) is 2.84. The van der Waals surface area contributed by atoms with Gasteiger partial charge in [0.05, 0.1) is 24.5 Å². The summed E-state index contributed by atoms with van der Waals surface area (Å²) in [5.41, 5.74) is 0.992. The summed E-state index contributed by atoms with van der Waals surface area (Å²) in [6.07, 6.45) is -0.237. The van der Waals surface area contributed by atoms with Gasteiger partial charge in [-0.1, -0.05) is 5.16 Å². The van der Waals surface area contributed by atoms with Crippen LogP contribution < -0.4 is 0 Å². The van der Waals surface area contributed by atoms with E-state index in [0.717, 1.165) is 44.2 Å².